The van der Waals surface area contributed by atoms with Gasteiger partial charge in [-0.1, -0.05) is 18.2 Å². The lowest BCUT2D eigenvalue weighted by molar-refractivity contribution is 0.0824. The first-order valence-electron chi connectivity index (χ1n) is 9.94. The average Bonchev–Trinajstić information content (AvgIpc) is 3.59. The van der Waals surface area contributed by atoms with Gasteiger partial charge in [0.1, 0.15) is 17.2 Å². The van der Waals surface area contributed by atoms with Crippen LogP contribution in [0.5, 0.6) is 5.75 Å². The molecule has 0 spiro atoms. The minimum Gasteiger partial charge on any atom is -0.505 e. The zero-order valence-corrected chi connectivity index (χ0v) is 17.1. The number of halogens is 1. The molecule has 1 fully saturated rings. The van der Waals surface area contributed by atoms with Crippen LogP contribution in [-0.2, 0) is 0 Å². The third-order valence-corrected chi connectivity index (χ3v) is 5.47. The van der Waals surface area contributed by atoms with Crippen LogP contribution in [0.15, 0.2) is 52.1 Å². The van der Waals surface area contributed by atoms with E-state index in [0.717, 1.165) is 18.4 Å². The summed E-state index contributed by atoms with van der Waals surface area (Å²) in [5.41, 5.74) is -0.171. The van der Waals surface area contributed by atoms with E-state index in [1.165, 1.54) is 29.2 Å². The van der Waals surface area contributed by atoms with Crippen molar-refractivity contribution in [1.82, 2.24) is 4.90 Å². The number of benzene rings is 2. The standard InChI is InChI=1S/C23H22FN3O4/c1-27(2)23(31)15-4-3-5-16(20(15)28)25-18-19(22(30)21(18)29)26-17(12-6-7-12)13-8-10-14(24)11-9-13/h3-5,8-12,17,25-26,28H,6-7H2,1-2H3. The number of carbonyl (C=O) groups is 1. The molecule has 31 heavy (non-hydrogen) atoms. The second-order valence-corrected chi connectivity index (χ2v) is 7.95. The number of hydrogen-bond acceptors (Lipinski definition) is 6. The third kappa shape index (κ3) is 3.88. The highest BCUT2D eigenvalue weighted by Crippen LogP contribution is 2.43. The zero-order chi connectivity index (χ0) is 22.3. The highest BCUT2D eigenvalue weighted by molar-refractivity contribution is 5.99. The van der Waals surface area contributed by atoms with E-state index >= 15 is 0 Å². The van der Waals surface area contributed by atoms with Crippen LogP contribution >= 0.6 is 0 Å². The second kappa shape index (κ2) is 7.86. The fourth-order valence-corrected chi connectivity index (χ4v) is 3.57. The zero-order valence-electron chi connectivity index (χ0n) is 17.1. The Labute approximate surface area is 177 Å². The van der Waals surface area contributed by atoms with Crippen molar-refractivity contribution in [2.45, 2.75) is 18.9 Å². The summed E-state index contributed by atoms with van der Waals surface area (Å²) in [4.78, 5) is 38.1. The van der Waals surface area contributed by atoms with Crippen LogP contribution in [0.1, 0.15) is 34.8 Å². The van der Waals surface area contributed by atoms with Crippen molar-refractivity contribution in [3.8, 4) is 5.75 Å². The van der Waals surface area contributed by atoms with Crippen molar-refractivity contribution < 1.29 is 14.3 Å². The van der Waals surface area contributed by atoms with Crippen molar-refractivity contribution in [2.75, 3.05) is 24.7 Å². The Kier molecular flexibility index (Phi) is 5.22. The molecule has 1 aliphatic rings. The number of rotatable bonds is 7. The van der Waals surface area contributed by atoms with Gasteiger partial charge in [0.15, 0.2) is 5.75 Å². The fraction of sp³-hybridized carbons (Fsp3) is 0.261. The van der Waals surface area contributed by atoms with Gasteiger partial charge < -0.3 is 20.6 Å². The summed E-state index contributed by atoms with van der Waals surface area (Å²) in [7, 11) is 3.13. The van der Waals surface area contributed by atoms with Gasteiger partial charge in [-0.2, -0.15) is 0 Å². The molecule has 1 saturated carbocycles. The van der Waals surface area contributed by atoms with Crippen molar-refractivity contribution in [3.63, 3.8) is 0 Å². The van der Waals surface area contributed by atoms with E-state index in [4.69, 9.17) is 0 Å². The molecule has 8 heteroatoms. The molecule has 3 N–H and O–H groups in total. The molecular formula is C23H22FN3O4. The second-order valence-electron chi connectivity index (χ2n) is 7.95. The lowest BCUT2D eigenvalue weighted by atomic mass is 10.0. The van der Waals surface area contributed by atoms with E-state index in [1.54, 1.807) is 32.3 Å². The first-order valence-corrected chi connectivity index (χ1v) is 9.94. The molecule has 3 aromatic carbocycles. The van der Waals surface area contributed by atoms with Crippen molar-refractivity contribution in [3.05, 3.63) is 79.9 Å². The van der Waals surface area contributed by atoms with Gasteiger partial charge in [0.25, 0.3) is 16.8 Å². The van der Waals surface area contributed by atoms with Gasteiger partial charge in [0.2, 0.25) is 0 Å². The van der Waals surface area contributed by atoms with Crippen LogP contribution in [0.3, 0.4) is 0 Å². The molecular weight excluding hydrogens is 401 g/mol. The maximum atomic E-state index is 13.3. The Balaban J connectivity index is 1.63. The van der Waals surface area contributed by atoms with Crippen LogP contribution in [0.4, 0.5) is 21.5 Å². The number of hydrogen-bond donors (Lipinski definition) is 3. The number of para-hydroxylation sites is 1. The van der Waals surface area contributed by atoms with Crippen LogP contribution < -0.4 is 21.5 Å². The molecule has 0 saturated heterocycles. The predicted octanol–water partition coefficient (Wildman–Crippen LogP) is 3.14. The van der Waals surface area contributed by atoms with Crippen LogP contribution in [0, 0.1) is 11.7 Å². The van der Waals surface area contributed by atoms with Gasteiger partial charge in [-0.05, 0) is 48.6 Å². The summed E-state index contributed by atoms with van der Waals surface area (Å²) in [6.07, 6.45) is 1.92. The SMILES string of the molecule is CN(C)C(=O)c1cccc(Nc2c(NC(c3ccc(F)cc3)C3CC3)c(=O)c2=O)c1O. The fourth-order valence-electron chi connectivity index (χ4n) is 3.57. The topological polar surface area (TPSA) is 98.7 Å². The summed E-state index contributed by atoms with van der Waals surface area (Å²) in [5.74, 6) is -0.776. The smallest absolute Gasteiger partial charge is 0.257 e. The number of aromatic hydroxyl groups is 1. The molecule has 0 aliphatic heterocycles. The third-order valence-electron chi connectivity index (χ3n) is 5.47. The predicted molar refractivity (Wildman–Crippen MR) is 116 cm³/mol. The normalized spacial score (nSPS) is 14.3. The molecule has 0 aromatic heterocycles. The number of carbonyl (C=O) groups excluding carboxylic acids is 1. The first-order chi connectivity index (χ1) is 14.8. The Morgan fingerprint density at radius 2 is 1.71 bits per heavy atom. The van der Waals surface area contributed by atoms with E-state index in [9.17, 15) is 23.9 Å². The minimum absolute atomic E-state index is 0.0301. The Bertz CT molecular complexity index is 1210. The van der Waals surface area contributed by atoms with Gasteiger partial charge in [0, 0.05) is 14.1 Å². The molecule has 4 rings (SSSR count). The molecule has 3 aromatic rings. The Morgan fingerprint density at radius 1 is 1.06 bits per heavy atom. The molecule has 160 valence electrons. The monoisotopic (exact) mass is 423 g/mol. The Morgan fingerprint density at radius 3 is 2.32 bits per heavy atom. The summed E-state index contributed by atoms with van der Waals surface area (Å²) >= 11 is 0. The number of nitrogens with zero attached hydrogens (tertiary/aromatic N) is 1. The summed E-state index contributed by atoms with van der Waals surface area (Å²) in [6.45, 7) is 0. The van der Waals surface area contributed by atoms with E-state index in [1.807, 2.05) is 0 Å². The molecule has 1 amide bonds. The number of phenols is 1. The molecule has 0 bridgehead atoms. The van der Waals surface area contributed by atoms with Gasteiger partial charge in [-0.25, -0.2) is 4.39 Å². The lowest BCUT2D eigenvalue weighted by Crippen LogP contribution is -2.37. The van der Waals surface area contributed by atoms with E-state index in [2.05, 4.69) is 10.6 Å². The van der Waals surface area contributed by atoms with Crippen LogP contribution in [0.2, 0.25) is 0 Å². The van der Waals surface area contributed by atoms with Gasteiger partial charge in [-0.15, -0.1) is 0 Å². The number of phenolic OH excluding ortho intramolecular Hbond substituents is 1. The van der Waals surface area contributed by atoms with Crippen LogP contribution in [-0.4, -0.2) is 30.0 Å². The first kappa shape index (κ1) is 20.6. The van der Waals surface area contributed by atoms with Gasteiger partial charge >= 0.3 is 0 Å². The molecule has 1 aliphatic carbocycles. The van der Waals surface area contributed by atoms with E-state index in [-0.39, 0.29) is 46.2 Å². The minimum atomic E-state index is -0.708. The van der Waals surface area contributed by atoms with Crippen molar-refractivity contribution in [1.29, 1.82) is 0 Å². The van der Waals surface area contributed by atoms with Gasteiger partial charge in [-0.3, -0.25) is 14.4 Å². The largest absolute Gasteiger partial charge is 0.505 e. The van der Waals surface area contributed by atoms with E-state index in [0.29, 0.717) is 0 Å². The molecule has 0 heterocycles. The Hall–Kier alpha value is -3.68. The van der Waals surface area contributed by atoms with Crippen LogP contribution in [0.25, 0.3) is 0 Å². The molecule has 1 unspecified atom stereocenters. The lowest BCUT2D eigenvalue weighted by Gasteiger charge is -2.23. The van der Waals surface area contributed by atoms with Gasteiger partial charge in [0.05, 0.1) is 17.3 Å². The highest BCUT2D eigenvalue weighted by Gasteiger charge is 2.35. The molecule has 0 radical (unpaired) electrons. The van der Waals surface area contributed by atoms with Crippen molar-refractivity contribution >= 4 is 23.0 Å². The summed E-state index contributed by atoms with van der Waals surface area (Å²) in [5, 5.41) is 16.5. The number of nitrogens with one attached hydrogen (secondary N) is 2. The van der Waals surface area contributed by atoms with Crippen molar-refractivity contribution in [2.24, 2.45) is 5.92 Å². The average molecular weight is 423 g/mol. The summed E-state index contributed by atoms with van der Waals surface area (Å²) in [6, 6.07) is 10.4. The molecule has 1 atom stereocenters. The summed E-state index contributed by atoms with van der Waals surface area (Å²) < 4.78 is 13.3. The number of anilines is 3. The quantitative estimate of drug-likeness (QED) is 0.399. The molecule has 7 nitrogen and oxygen atoms in total. The maximum absolute atomic E-state index is 13.3. The maximum Gasteiger partial charge on any atom is 0.257 e. The van der Waals surface area contributed by atoms with E-state index < -0.39 is 16.8 Å². The number of amides is 1. The highest BCUT2D eigenvalue weighted by atomic mass is 19.1.